The number of aromatic nitrogens is 2. The molecule has 2 atom stereocenters. The van der Waals surface area contributed by atoms with E-state index in [0.717, 1.165) is 11.5 Å². The number of aliphatic hydroxyl groups is 1. The minimum Gasteiger partial charge on any atom is -0.457 e. The molecule has 1 aliphatic heterocycles. The molecular weight excluding hydrogens is 643 g/mol. The van der Waals surface area contributed by atoms with Gasteiger partial charge in [-0.1, -0.05) is 30.3 Å². The van der Waals surface area contributed by atoms with Gasteiger partial charge in [0.25, 0.3) is 10.0 Å². The number of hydrogen-bond donors (Lipinski definition) is 1. The Labute approximate surface area is 242 Å². The molecule has 0 spiro atoms. The van der Waals surface area contributed by atoms with Gasteiger partial charge in [0.15, 0.2) is 5.82 Å². The lowest BCUT2D eigenvalue weighted by Crippen LogP contribution is -2.67. The van der Waals surface area contributed by atoms with Crippen LogP contribution in [-0.2, 0) is 10.0 Å². The second-order valence-corrected chi connectivity index (χ2v) is 12.1. The fourth-order valence-corrected chi connectivity index (χ4v) is 6.39. The van der Waals surface area contributed by atoms with Gasteiger partial charge in [-0.25, -0.2) is 13.4 Å². The van der Waals surface area contributed by atoms with Crippen molar-refractivity contribution < 1.29 is 57.8 Å². The van der Waals surface area contributed by atoms with Crippen LogP contribution in [0.5, 0.6) is 11.5 Å². The van der Waals surface area contributed by atoms with Gasteiger partial charge in [-0.15, -0.1) is 0 Å². The predicted molar refractivity (Wildman–Crippen MR) is 135 cm³/mol. The van der Waals surface area contributed by atoms with Crippen molar-refractivity contribution in [1.82, 2.24) is 13.7 Å². The van der Waals surface area contributed by atoms with Gasteiger partial charge < -0.3 is 14.7 Å². The number of benzene rings is 2. The third-order valence-electron chi connectivity index (χ3n) is 6.47. The molecule has 19 heteroatoms. The third-order valence-corrected chi connectivity index (χ3v) is 9.15. The van der Waals surface area contributed by atoms with Crippen LogP contribution < -0.4 is 9.64 Å². The topological polar surface area (TPSA) is 95.9 Å². The summed E-state index contributed by atoms with van der Waals surface area (Å²) >= 11 is 0.732. The van der Waals surface area contributed by atoms with E-state index >= 15 is 0 Å². The molecule has 43 heavy (non-hydrogen) atoms. The standard InChI is InChI=1S/C24H21F9N4O4S2/c1-14-13-36(43(39,40)24(32,33)22(27,28)21(25,26)23(29,30)31)11-12-37(14)20-34-19(35-42-20)18(38)15-7-9-17(10-8-15)41-16-5-3-2-4-6-16/h2-10,14,18,38H,11-13H2,1H3. The number of sulfonamides is 1. The number of anilines is 1. The van der Waals surface area contributed by atoms with Gasteiger partial charge in [-0.2, -0.15) is 48.2 Å². The quantitative estimate of drug-likeness (QED) is 0.295. The molecule has 0 aliphatic carbocycles. The highest BCUT2D eigenvalue weighted by molar-refractivity contribution is 7.90. The highest BCUT2D eigenvalue weighted by Crippen LogP contribution is 2.55. The van der Waals surface area contributed by atoms with Gasteiger partial charge >= 0.3 is 23.3 Å². The largest absolute Gasteiger partial charge is 0.460 e. The number of aliphatic hydroxyl groups excluding tert-OH is 1. The van der Waals surface area contributed by atoms with Crippen LogP contribution in [0.1, 0.15) is 24.4 Å². The molecule has 1 N–H and O–H groups in total. The predicted octanol–water partition coefficient (Wildman–Crippen LogP) is 5.68. The first-order valence-electron chi connectivity index (χ1n) is 12.1. The number of hydrogen-bond acceptors (Lipinski definition) is 8. The van der Waals surface area contributed by atoms with Crippen LogP contribution in [0.15, 0.2) is 54.6 Å². The van der Waals surface area contributed by atoms with E-state index < -0.39 is 65.1 Å². The molecule has 4 rings (SSSR count). The lowest BCUT2D eigenvalue weighted by Gasteiger charge is -2.41. The van der Waals surface area contributed by atoms with E-state index in [1.807, 2.05) is 6.07 Å². The molecule has 0 bridgehead atoms. The number of nitrogens with zero attached hydrogens (tertiary/aromatic N) is 4. The Kier molecular flexibility index (Phi) is 8.68. The zero-order valence-corrected chi connectivity index (χ0v) is 23.3. The highest BCUT2D eigenvalue weighted by atomic mass is 32.2. The van der Waals surface area contributed by atoms with Crippen molar-refractivity contribution in [3.63, 3.8) is 0 Å². The molecule has 2 aromatic carbocycles. The zero-order valence-electron chi connectivity index (χ0n) is 21.7. The number of alkyl halides is 9. The van der Waals surface area contributed by atoms with E-state index in [2.05, 4.69) is 9.36 Å². The summed E-state index contributed by atoms with van der Waals surface area (Å²) in [5.74, 6) is -13.7. The highest BCUT2D eigenvalue weighted by Gasteiger charge is 2.85. The van der Waals surface area contributed by atoms with Gasteiger partial charge in [0, 0.05) is 37.2 Å². The minimum absolute atomic E-state index is 0.0725. The molecule has 0 radical (unpaired) electrons. The van der Waals surface area contributed by atoms with Gasteiger partial charge in [0.2, 0.25) is 5.13 Å². The first kappa shape index (κ1) is 32.7. The number of para-hydroxylation sites is 1. The van der Waals surface area contributed by atoms with E-state index in [0.29, 0.717) is 17.1 Å². The Bertz CT molecular complexity index is 1520. The Hall–Kier alpha value is -3.16. The molecule has 1 aliphatic rings. The maximum atomic E-state index is 14.3. The van der Waals surface area contributed by atoms with Crippen LogP contribution in [0.2, 0.25) is 0 Å². The van der Waals surface area contributed by atoms with Gasteiger partial charge in [-0.05, 0) is 36.8 Å². The molecule has 1 fully saturated rings. The minimum atomic E-state index is -7.34. The van der Waals surface area contributed by atoms with Crippen molar-refractivity contribution in [2.45, 2.75) is 42.3 Å². The van der Waals surface area contributed by atoms with Crippen LogP contribution in [-0.4, -0.2) is 76.1 Å². The summed E-state index contributed by atoms with van der Waals surface area (Å²) in [4.78, 5) is 5.51. The summed E-state index contributed by atoms with van der Waals surface area (Å²) in [7, 11) is -6.71. The number of rotatable bonds is 9. The second kappa shape index (κ2) is 11.4. The fourth-order valence-electron chi connectivity index (χ4n) is 4.06. The van der Waals surface area contributed by atoms with Crippen molar-refractivity contribution in [2.24, 2.45) is 0 Å². The van der Waals surface area contributed by atoms with Crippen LogP contribution in [0.4, 0.5) is 44.6 Å². The molecule has 2 heterocycles. The Morgan fingerprint density at radius 3 is 2.05 bits per heavy atom. The fraction of sp³-hybridized carbons (Fsp3) is 0.417. The molecular formula is C24H21F9N4O4S2. The van der Waals surface area contributed by atoms with E-state index in [-0.39, 0.29) is 15.3 Å². The summed E-state index contributed by atoms with van der Waals surface area (Å²) in [5, 5.41) is 4.00. The monoisotopic (exact) mass is 664 g/mol. The van der Waals surface area contributed by atoms with Crippen LogP contribution in [0.3, 0.4) is 0 Å². The van der Waals surface area contributed by atoms with Crippen LogP contribution in [0.25, 0.3) is 0 Å². The normalized spacial score (nSPS) is 18.5. The summed E-state index contributed by atoms with van der Waals surface area (Å²) in [5.41, 5.74) is 0.368. The third kappa shape index (κ3) is 5.86. The first-order valence-corrected chi connectivity index (χ1v) is 14.3. The average molecular weight is 665 g/mol. The average Bonchev–Trinajstić information content (AvgIpc) is 3.42. The molecule has 1 saturated heterocycles. The van der Waals surface area contributed by atoms with Crippen LogP contribution >= 0.6 is 11.5 Å². The Morgan fingerprint density at radius 1 is 0.907 bits per heavy atom. The van der Waals surface area contributed by atoms with E-state index in [4.69, 9.17) is 4.74 Å². The summed E-state index contributed by atoms with van der Waals surface area (Å²) in [6.45, 7) is -1.19. The zero-order chi connectivity index (χ0) is 32.0. The van der Waals surface area contributed by atoms with E-state index in [9.17, 15) is 53.0 Å². The van der Waals surface area contributed by atoms with E-state index in [1.165, 1.54) is 11.8 Å². The molecule has 1 aromatic heterocycles. The lowest BCUT2D eigenvalue weighted by atomic mass is 10.1. The lowest BCUT2D eigenvalue weighted by molar-refractivity contribution is -0.382. The molecule has 236 valence electrons. The van der Waals surface area contributed by atoms with Crippen molar-refractivity contribution in [3.8, 4) is 11.5 Å². The summed E-state index contributed by atoms with van der Waals surface area (Å²) in [6.07, 6.45) is -8.48. The number of ether oxygens (including phenoxy) is 1. The van der Waals surface area contributed by atoms with Crippen molar-refractivity contribution >= 4 is 26.7 Å². The molecule has 8 nitrogen and oxygen atoms in total. The smallest absolute Gasteiger partial charge is 0.457 e. The summed E-state index contributed by atoms with van der Waals surface area (Å²) < 4.78 is 154. The van der Waals surface area contributed by atoms with Crippen molar-refractivity contribution in [1.29, 1.82) is 0 Å². The SMILES string of the molecule is CC1CN(S(=O)(=O)C(F)(F)C(F)(F)C(F)(F)C(F)(F)F)CCN1c1nc(C(O)c2ccc(Oc3ccccc3)cc2)ns1. The van der Waals surface area contributed by atoms with Gasteiger partial charge in [0.1, 0.15) is 17.6 Å². The summed E-state index contributed by atoms with van der Waals surface area (Å²) in [6, 6.07) is 14.1. The second-order valence-electron chi connectivity index (χ2n) is 9.39. The van der Waals surface area contributed by atoms with E-state index in [1.54, 1.807) is 48.5 Å². The van der Waals surface area contributed by atoms with Gasteiger partial charge in [0.05, 0.1) is 0 Å². The molecule has 3 aromatic rings. The van der Waals surface area contributed by atoms with Crippen molar-refractivity contribution in [2.75, 3.05) is 24.5 Å². The molecule has 0 saturated carbocycles. The van der Waals surface area contributed by atoms with Crippen LogP contribution in [0, 0.1) is 0 Å². The molecule has 0 amide bonds. The number of piperazine rings is 1. The number of halogens is 9. The molecule has 2 unspecified atom stereocenters. The Balaban J connectivity index is 1.45. The maximum Gasteiger partial charge on any atom is 0.460 e. The van der Waals surface area contributed by atoms with Crippen molar-refractivity contribution in [3.05, 3.63) is 66.0 Å². The first-order chi connectivity index (χ1) is 19.8. The maximum absolute atomic E-state index is 14.3. The Morgan fingerprint density at radius 2 is 1.49 bits per heavy atom. The van der Waals surface area contributed by atoms with Gasteiger partial charge in [-0.3, -0.25) is 0 Å².